The first-order chi connectivity index (χ1) is 6.65. The number of anilines is 1. The molecule has 2 nitrogen and oxygen atoms in total. The van der Waals surface area contributed by atoms with Crippen molar-refractivity contribution in [3.8, 4) is 0 Å². The Labute approximate surface area is 93.7 Å². The lowest BCUT2D eigenvalue weighted by Crippen LogP contribution is -2.19. The Bertz CT molecular complexity index is 301. The zero-order valence-electron chi connectivity index (χ0n) is 8.63. The fourth-order valence-corrected chi connectivity index (χ4v) is 2.15. The molecule has 0 aliphatic rings. The molecule has 0 bridgehead atoms. The van der Waals surface area contributed by atoms with Crippen molar-refractivity contribution in [2.75, 3.05) is 25.1 Å². The largest absolute Gasteiger partial charge is 0.396 e. The highest BCUT2D eigenvalue weighted by Crippen LogP contribution is 2.26. The highest BCUT2D eigenvalue weighted by molar-refractivity contribution is 9.10. The molecule has 0 fully saturated rings. The third-order valence-electron chi connectivity index (χ3n) is 2.17. The molecule has 0 saturated heterocycles. The molecule has 0 aromatic heterocycles. The summed E-state index contributed by atoms with van der Waals surface area (Å²) in [5, 5.41) is 8.74. The van der Waals surface area contributed by atoms with Gasteiger partial charge in [0, 0.05) is 24.7 Å². The van der Waals surface area contributed by atoms with Crippen LogP contribution < -0.4 is 4.90 Å². The van der Waals surface area contributed by atoms with E-state index in [1.807, 2.05) is 7.05 Å². The number of nitrogens with zero attached hydrogens (tertiary/aromatic N) is 1. The van der Waals surface area contributed by atoms with Crippen molar-refractivity contribution in [3.05, 3.63) is 28.2 Å². The topological polar surface area (TPSA) is 23.5 Å². The molecular formula is C11H16BrNO. The van der Waals surface area contributed by atoms with Crippen LogP contribution >= 0.6 is 15.9 Å². The molecular weight excluding hydrogens is 242 g/mol. The van der Waals surface area contributed by atoms with Crippen molar-refractivity contribution >= 4 is 21.6 Å². The number of aliphatic hydroxyl groups is 1. The predicted octanol–water partition coefficient (Wildman–Crippen LogP) is 2.58. The van der Waals surface area contributed by atoms with Crippen molar-refractivity contribution in [3.63, 3.8) is 0 Å². The Hall–Kier alpha value is -0.540. The van der Waals surface area contributed by atoms with Crippen LogP contribution in [0.4, 0.5) is 5.69 Å². The van der Waals surface area contributed by atoms with Gasteiger partial charge in [0.05, 0.1) is 5.69 Å². The lowest BCUT2D eigenvalue weighted by Gasteiger charge is -2.20. The average Bonchev–Trinajstić information content (AvgIpc) is 2.14. The van der Waals surface area contributed by atoms with Crippen LogP contribution in [0.3, 0.4) is 0 Å². The summed E-state index contributed by atoms with van der Waals surface area (Å²) in [4.78, 5) is 2.14. The van der Waals surface area contributed by atoms with Gasteiger partial charge in [-0.3, -0.25) is 0 Å². The number of aryl methyl sites for hydroxylation is 1. The number of halogens is 1. The Morgan fingerprint density at radius 2 is 2.14 bits per heavy atom. The molecule has 0 atom stereocenters. The summed E-state index contributed by atoms with van der Waals surface area (Å²) in [5.74, 6) is 0. The number of rotatable bonds is 4. The maximum absolute atomic E-state index is 8.74. The van der Waals surface area contributed by atoms with Gasteiger partial charge < -0.3 is 10.0 Å². The van der Waals surface area contributed by atoms with E-state index in [0.717, 1.165) is 17.4 Å². The minimum Gasteiger partial charge on any atom is -0.396 e. The van der Waals surface area contributed by atoms with E-state index in [1.165, 1.54) is 11.3 Å². The number of aliphatic hydroxyl groups excluding tert-OH is 1. The van der Waals surface area contributed by atoms with Gasteiger partial charge in [0.2, 0.25) is 0 Å². The molecule has 1 aromatic carbocycles. The second-order valence-electron chi connectivity index (χ2n) is 3.45. The maximum atomic E-state index is 8.74. The molecule has 1 rings (SSSR count). The minimum atomic E-state index is 0.244. The second-order valence-corrected chi connectivity index (χ2v) is 4.31. The van der Waals surface area contributed by atoms with Crippen LogP contribution in [0.5, 0.6) is 0 Å². The summed E-state index contributed by atoms with van der Waals surface area (Å²) < 4.78 is 1.11. The van der Waals surface area contributed by atoms with Gasteiger partial charge in [-0.15, -0.1) is 0 Å². The lowest BCUT2D eigenvalue weighted by atomic mass is 10.2. The van der Waals surface area contributed by atoms with Crippen molar-refractivity contribution in [2.24, 2.45) is 0 Å². The molecule has 1 N–H and O–H groups in total. The predicted molar refractivity (Wildman–Crippen MR) is 63.9 cm³/mol. The Kier molecular flexibility index (Phi) is 4.42. The van der Waals surface area contributed by atoms with Gasteiger partial charge >= 0.3 is 0 Å². The van der Waals surface area contributed by atoms with Crippen molar-refractivity contribution in [2.45, 2.75) is 13.3 Å². The van der Waals surface area contributed by atoms with Crippen LogP contribution in [0, 0.1) is 6.92 Å². The van der Waals surface area contributed by atoms with E-state index in [4.69, 9.17) is 5.11 Å². The zero-order valence-corrected chi connectivity index (χ0v) is 10.2. The fraction of sp³-hybridized carbons (Fsp3) is 0.455. The Morgan fingerprint density at radius 1 is 1.43 bits per heavy atom. The van der Waals surface area contributed by atoms with Crippen LogP contribution in [0.2, 0.25) is 0 Å². The van der Waals surface area contributed by atoms with E-state index in [9.17, 15) is 0 Å². The van der Waals surface area contributed by atoms with Gasteiger partial charge in [-0.2, -0.15) is 0 Å². The van der Waals surface area contributed by atoms with Gasteiger partial charge in [-0.05, 0) is 47.0 Å². The molecule has 3 heteroatoms. The van der Waals surface area contributed by atoms with Crippen molar-refractivity contribution < 1.29 is 5.11 Å². The quantitative estimate of drug-likeness (QED) is 0.897. The summed E-state index contributed by atoms with van der Waals surface area (Å²) in [6.07, 6.45) is 0.802. The average molecular weight is 258 g/mol. The summed E-state index contributed by atoms with van der Waals surface area (Å²) >= 11 is 3.54. The van der Waals surface area contributed by atoms with Gasteiger partial charge in [0.15, 0.2) is 0 Å². The lowest BCUT2D eigenvalue weighted by molar-refractivity contribution is 0.290. The molecule has 0 unspecified atom stereocenters. The molecule has 0 radical (unpaired) electrons. The molecule has 78 valence electrons. The summed E-state index contributed by atoms with van der Waals surface area (Å²) in [6, 6.07) is 6.29. The van der Waals surface area contributed by atoms with Crippen LogP contribution in [0.15, 0.2) is 22.7 Å². The van der Waals surface area contributed by atoms with Gasteiger partial charge in [0.1, 0.15) is 0 Å². The summed E-state index contributed by atoms with van der Waals surface area (Å²) in [7, 11) is 2.03. The highest BCUT2D eigenvalue weighted by Gasteiger charge is 2.04. The zero-order chi connectivity index (χ0) is 10.6. The van der Waals surface area contributed by atoms with Crippen LogP contribution in [0.25, 0.3) is 0 Å². The molecule has 0 heterocycles. The summed E-state index contributed by atoms with van der Waals surface area (Å²) in [5.41, 5.74) is 2.42. The van der Waals surface area contributed by atoms with Crippen molar-refractivity contribution in [1.29, 1.82) is 0 Å². The summed E-state index contributed by atoms with van der Waals surface area (Å²) in [6.45, 7) is 3.19. The second kappa shape index (κ2) is 5.37. The Balaban J connectivity index is 2.74. The molecule has 0 aliphatic carbocycles. The standard InChI is InChI=1S/C11H16BrNO/c1-9-4-5-11(10(12)8-9)13(2)6-3-7-14/h4-5,8,14H,3,6-7H2,1-2H3. The van der Waals surface area contributed by atoms with E-state index in [0.29, 0.717) is 0 Å². The van der Waals surface area contributed by atoms with Crippen molar-refractivity contribution in [1.82, 2.24) is 0 Å². The SMILES string of the molecule is Cc1ccc(N(C)CCCO)c(Br)c1. The van der Waals surface area contributed by atoms with Gasteiger partial charge in [0.25, 0.3) is 0 Å². The van der Waals surface area contributed by atoms with E-state index in [-0.39, 0.29) is 6.61 Å². The molecule has 14 heavy (non-hydrogen) atoms. The number of hydrogen-bond acceptors (Lipinski definition) is 2. The van der Waals surface area contributed by atoms with E-state index in [1.54, 1.807) is 0 Å². The molecule has 0 amide bonds. The molecule has 0 aliphatic heterocycles. The first-order valence-corrected chi connectivity index (χ1v) is 5.52. The monoisotopic (exact) mass is 257 g/mol. The molecule has 1 aromatic rings. The maximum Gasteiger partial charge on any atom is 0.0508 e. The van der Waals surface area contributed by atoms with Crippen LogP contribution in [-0.4, -0.2) is 25.3 Å². The molecule has 0 saturated carbocycles. The normalized spacial score (nSPS) is 10.3. The van der Waals surface area contributed by atoms with Crippen LogP contribution in [-0.2, 0) is 0 Å². The first kappa shape index (κ1) is 11.5. The van der Waals surface area contributed by atoms with E-state index >= 15 is 0 Å². The van der Waals surface area contributed by atoms with E-state index in [2.05, 4.69) is 46.0 Å². The number of hydrogen-bond donors (Lipinski definition) is 1. The third kappa shape index (κ3) is 3.00. The fourth-order valence-electron chi connectivity index (χ4n) is 1.35. The molecule has 0 spiro atoms. The highest BCUT2D eigenvalue weighted by atomic mass is 79.9. The third-order valence-corrected chi connectivity index (χ3v) is 2.80. The van der Waals surface area contributed by atoms with E-state index < -0.39 is 0 Å². The first-order valence-electron chi connectivity index (χ1n) is 4.73. The smallest absolute Gasteiger partial charge is 0.0508 e. The number of benzene rings is 1. The minimum absolute atomic E-state index is 0.244. The van der Waals surface area contributed by atoms with Gasteiger partial charge in [-0.25, -0.2) is 0 Å². The Morgan fingerprint density at radius 3 is 2.71 bits per heavy atom. The van der Waals surface area contributed by atoms with Gasteiger partial charge in [-0.1, -0.05) is 6.07 Å². The van der Waals surface area contributed by atoms with Crippen LogP contribution in [0.1, 0.15) is 12.0 Å².